The van der Waals surface area contributed by atoms with Gasteiger partial charge in [0.2, 0.25) is 5.91 Å². The highest BCUT2D eigenvalue weighted by molar-refractivity contribution is 8.00. The van der Waals surface area contributed by atoms with Gasteiger partial charge in [-0.25, -0.2) is 8.78 Å². The first-order chi connectivity index (χ1) is 15.0. The molecular formula is C25H23F2NOS2. The van der Waals surface area contributed by atoms with Crippen molar-refractivity contribution in [1.29, 1.82) is 0 Å². The Kier molecular flexibility index (Phi) is 6.68. The Morgan fingerprint density at radius 3 is 2.23 bits per heavy atom. The summed E-state index contributed by atoms with van der Waals surface area (Å²) in [7, 11) is 0. The number of benzene rings is 3. The van der Waals surface area contributed by atoms with Crippen molar-refractivity contribution in [3.8, 4) is 0 Å². The van der Waals surface area contributed by atoms with Crippen LogP contribution in [0.25, 0.3) is 0 Å². The minimum absolute atomic E-state index is 0.0547. The third-order valence-electron chi connectivity index (χ3n) is 5.20. The van der Waals surface area contributed by atoms with Crippen LogP contribution in [0.15, 0.2) is 76.5 Å². The Morgan fingerprint density at radius 1 is 0.935 bits per heavy atom. The van der Waals surface area contributed by atoms with E-state index in [0.29, 0.717) is 6.42 Å². The minimum atomic E-state index is -0.829. The van der Waals surface area contributed by atoms with Gasteiger partial charge < -0.3 is 5.32 Å². The summed E-state index contributed by atoms with van der Waals surface area (Å²) < 4.78 is 26.6. The van der Waals surface area contributed by atoms with Crippen LogP contribution < -0.4 is 5.32 Å². The molecule has 2 nitrogen and oxygen atoms in total. The second-order valence-corrected chi connectivity index (χ2v) is 10.3. The zero-order chi connectivity index (χ0) is 21.8. The van der Waals surface area contributed by atoms with Crippen LogP contribution in [-0.2, 0) is 16.0 Å². The molecule has 160 valence electrons. The predicted octanol–water partition coefficient (Wildman–Crippen LogP) is 7.04. The van der Waals surface area contributed by atoms with Gasteiger partial charge in [0.25, 0.3) is 0 Å². The van der Waals surface area contributed by atoms with Gasteiger partial charge in [0.05, 0.1) is 6.42 Å². The lowest BCUT2D eigenvalue weighted by atomic mass is 10.1. The molecule has 4 rings (SSSR count). The van der Waals surface area contributed by atoms with Crippen LogP contribution in [0.1, 0.15) is 30.9 Å². The minimum Gasteiger partial charge on any atom is -0.326 e. The zero-order valence-corrected chi connectivity index (χ0v) is 18.8. The molecule has 6 heteroatoms. The lowest BCUT2D eigenvalue weighted by Crippen LogP contribution is -2.14. The van der Waals surface area contributed by atoms with Gasteiger partial charge in [0.15, 0.2) is 11.6 Å². The quantitative estimate of drug-likeness (QED) is 0.369. The zero-order valence-electron chi connectivity index (χ0n) is 17.2. The van der Waals surface area contributed by atoms with E-state index in [-0.39, 0.29) is 10.7 Å². The second kappa shape index (κ2) is 9.45. The van der Waals surface area contributed by atoms with Crippen molar-refractivity contribution in [2.45, 2.75) is 40.7 Å². The molecular weight excluding hydrogens is 432 g/mol. The topological polar surface area (TPSA) is 29.1 Å². The third-order valence-corrected chi connectivity index (χ3v) is 7.62. The Hall–Kier alpha value is -2.31. The molecule has 0 aromatic heterocycles. The first-order valence-corrected chi connectivity index (χ1v) is 12.0. The van der Waals surface area contributed by atoms with E-state index in [1.807, 2.05) is 48.5 Å². The lowest BCUT2D eigenvalue weighted by Gasteiger charge is -2.16. The maximum atomic E-state index is 13.5. The van der Waals surface area contributed by atoms with Gasteiger partial charge in [-0.05, 0) is 72.2 Å². The number of carbonyl (C=O) groups excluding carboxylic acids is 1. The number of rotatable bonds is 8. The Balaban J connectivity index is 1.36. The molecule has 0 heterocycles. The highest BCUT2D eigenvalue weighted by Gasteiger charge is 2.45. The number of nitrogens with one attached hydrogen (secondary N) is 1. The van der Waals surface area contributed by atoms with E-state index >= 15 is 0 Å². The largest absolute Gasteiger partial charge is 0.326 e. The highest BCUT2D eigenvalue weighted by atomic mass is 32.2. The lowest BCUT2D eigenvalue weighted by molar-refractivity contribution is -0.115. The number of halogens is 2. The van der Waals surface area contributed by atoms with E-state index in [4.69, 9.17) is 0 Å². The summed E-state index contributed by atoms with van der Waals surface area (Å²) in [6.45, 7) is 2.11. The van der Waals surface area contributed by atoms with Gasteiger partial charge in [0, 0.05) is 20.2 Å². The number of carbonyl (C=O) groups is 1. The Bertz CT molecular complexity index is 1060. The van der Waals surface area contributed by atoms with Crippen LogP contribution in [0.5, 0.6) is 0 Å². The molecule has 0 radical (unpaired) electrons. The Morgan fingerprint density at radius 2 is 1.61 bits per heavy atom. The number of thioether (sulfide) groups is 2. The molecule has 0 saturated heterocycles. The molecule has 0 atom stereocenters. The van der Waals surface area contributed by atoms with Crippen molar-refractivity contribution in [1.82, 2.24) is 0 Å². The van der Waals surface area contributed by atoms with Gasteiger partial charge in [-0.15, -0.1) is 23.5 Å². The van der Waals surface area contributed by atoms with Crippen LogP contribution in [0.2, 0.25) is 0 Å². The summed E-state index contributed by atoms with van der Waals surface area (Å²) in [5.74, 6) is -0.681. The fourth-order valence-electron chi connectivity index (χ4n) is 3.45. The SMILES string of the molecule is CCSc1ccc(CC(=O)Nc2ccc(C3(Sc4ccc(F)c(F)c4)CC3)cc2)cc1. The van der Waals surface area contributed by atoms with E-state index in [9.17, 15) is 13.6 Å². The molecule has 0 unspecified atom stereocenters. The van der Waals surface area contributed by atoms with E-state index in [1.165, 1.54) is 17.0 Å². The fraction of sp³-hybridized carbons (Fsp3) is 0.240. The number of hydrogen-bond donors (Lipinski definition) is 1. The molecule has 0 bridgehead atoms. The maximum absolute atomic E-state index is 13.5. The maximum Gasteiger partial charge on any atom is 0.228 e. The molecule has 0 aliphatic heterocycles. The van der Waals surface area contributed by atoms with Crippen molar-refractivity contribution in [2.75, 3.05) is 11.1 Å². The smallest absolute Gasteiger partial charge is 0.228 e. The molecule has 1 aliphatic rings. The van der Waals surface area contributed by atoms with Gasteiger partial charge in [-0.1, -0.05) is 31.2 Å². The summed E-state index contributed by atoms with van der Waals surface area (Å²) in [5, 5.41) is 2.95. The highest BCUT2D eigenvalue weighted by Crippen LogP contribution is 2.59. The van der Waals surface area contributed by atoms with Crippen LogP contribution >= 0.6 is 23.5 Å². The monoisotopic (exact) mass is 455 g/mol. The van der Waals surface area contributed by atoms with Crippen molar-refractivity contribution in [3.63, 3.8) is 0 Å². The molecule has 1 N–H and O–H groups in total. The van der Waals surface area contributed by atoms with Crippen molar-refractivity contribution in [3.05, 3.63) is 89.5 Å². The Labute approximate surface area is 189 Å². The second-order valence-electron chi connectivity index (χ2n) is 7.55. The van der Waals surface area contributed by atoms with Gasteiger partial charge in [0.1, 0.15) is 0 Å². The summed E-state index contributed by atoms with van der Waals surface area (Å²) in [4.78, 5) is 14.3. The molecule has 3 aromatic rings. The van der Waals surface area contributed by atoms with Crippen LogP contribution in [0, 0.1) is 11.6 Å². The molecule has 31 heavy (non-hydrogen) atoms. The average Bonchev–Trinajstić information content (AvgIpc) is 3.53. The summed E-state index contributed by atoms with van der Waals surface area (Å²) in [5.41, 5.74) is 2.86. The molecule has 3 aromatic carbocycles. The normalized spacial score (nSPS) is 14.3. The van der Waals surface area contributed by atoms with Crippen molar-refractivity contribution < 1.29 is 13.6 Å². The van der Waals surface area contributed by atoms with Crippen LogP contribution in [-0.4, -0.2) is 11.7 Å². The number of anilines is 1. The molecule has 0 spiro atoms. The van der Waals surface area contributed by atoms with Gasteiger partial charge >= 0.3 is 0 Å². The fourth-order valence-corrected chi connectivity index (χ4v) is 5.42. The van der Waals surface area contributed by atoms with Gasteiger partial charge in [-0.3, -0.25) is 4.79 Å². The van der Waals surface area contributed by atoms with Crippen molar-refractivity contribution >= 4 is 35.1 Å². The first kappa shape index (κ1) is 21.9. The number of amides is 1. The first-order valence-electron chi connectivity index (χ1n) is 10.2. The van der Waals surface area contributed by atoms with E-state index < -0.39 is 11.6 Å². The number of hydrogen-bond acceptors (Lipinski definition) is 3. The standard InChI is InChI=1S/C25H23F2NOS2/c1-2-30-20-9-3-17(4-10-20)15-24(29)28-19-7-5-18(6-8-19)25(13-14-25)31-21-11-12-22(26)23(27)16-21/h3-12,16H,2,13-15H2,1H3,(H,28,29). The van der Waals surface area contributed by atoms with Crippen LogP contribution in [0.3, 0.4) is 0 Å². The predicted molar refractivity (Wildman–Crippen MR) is 125 cm³/mol. The summed E-state index contributed by atoms with van der Waals surface area (Å²) in [6, 6.07) is 19.9. The molecule has 1 saturated carbocycles. The third kappa shape index (κ3) is 5.49. The molecule has 1 amide bonds. The van der Waals surface area contributed by atoms with Crippen molar-refractivity contribution in [2.24, 2.45) is 0 Å². The molecule has 1 fully saturated rings. The summed E-state index contributed by atoms with van der Waals surface area (Å²) >= 11 is 3.34. The molecule has 1 aliphatic carbocycles. The summed E-state index contributed by atoms with van der Waals surface area (Å²) in [6.07, 6.45) is 2.29. The van der Waals surface area contributed by atoms with E-state index in [0.717, 1.165) is 40.3 Å². The van der Waals surface area contributed by atoms with E-state index in [1.54, 1.807) is 29.6 Å². The van der Waals surface area contributed by atoms with E-state index in [2.05, 4.69) is 12.2 Å². The average molecular weight is 456 g/mol. The van der Waals surface area contributed by atoms with Gasteiger partial charge in [-0.2, -0.15) is 0 Å². The van der Waals surface area contributed by atoms with Crippen LogP contribution in [0.4, 0.5) is 14.5 Å².